The van der Waals surface area contributed by atoms with Crippen LogP contribution in [0.1, 0.15) is 29.2 Å². The summed E-state index contributed by atoms with van der Waals surface area (Å²) in [6, 6.07) is 11.6. The summed E-state index contributed by atoms with van der Waals surface area (Å²) < 4.78 is 1.48. The molecule has 3 amide bonds. The largest absolute Gasteiger partial charge is 0.494 e. The first kappa shape index (κ1) is 16.8. The first-order valence-electron chi connectivity index (χ1n) is 8.53. The van der Waals surface area contributed by atoms with Crippen LogP contribution >= 0.6 is 0 Å². The molecular formula is C20H17N3O4. The van der Waals surface area contributed by atoms with Gasteiger partial charge in [0.2, 0.25) is 17.7 Å². The number of hydrogen-bond acceptors (Lipinski definition) is 4. The van der Waals surface area contributed by atoms with Crippen LogP contribution in [0.3, 0.4) is 0 Å². The second-order valence-corrected chi connectivity index (χ2v) is 6.50. The predicted octanol–water partition coefficient (Wildman–Crippen LogP) is 2.09. The lowest BCUT2D eigenvalue weighted by Gasteiger charge is -2.22. The van der Waals surface area contributed by atoms with Gasteiger partial charge in [-0.1, -0.05) is 30.3 Å². The first-order valence-corrected chi connectivity index (χ1v) is 8.53. The van der Waals surface area contributed by atoms with Crippen LogP contribution in [0.4, 0.5) is 0 Å². The molecule has 0 radical (unpaired) electrons. The third kappa shape index (κ3) is 2.73. The molecule has 1 atom stereocenters. The Morgan fingerprint density at radius 3 is 2.56 bits per heavy atom. The van der Waals surface area contributed by atoms with E-state index in [2.05, 4.69) is 5.32 Å². The van der Waals surface area contributed by atoms with Crippen LogP contribution in [-0.2, 0) is 9.59 Å². The fourth-order valence-corrected chi connectivity index (χ4v) is 3.59. The molecule has 136 valence electrons. The van der Waals surface area contributed by atoms with Crippen LogP contribution in [0, 0.1) is 0 Å². The Labute approximate surface area is 154 Å². The van der Waals surface area contributed by atoms with Crippen LogP contribution in [0.2, 0.25) is 0 Å². The number of primary amides is 1. The minimum atomic E-state index is -0.672. The van der Waals surface area contributed by atoms with Gasteiger partial charge in [0.15, 0.2) is 5.88 Å². The molecule has 0 spiro atoms. The van der Waals surface area contributed by atoms with Crippen molar-refractivity contribution in [3.05, 3.63) is 54.2 Å². The van der Waals surface area contributed by atoms with E-state index in [9.17, 15) is 19.5 Å². The third-order valence-electron chi connectivity index (χ3n) is 4.89. The zero-order valence-corrected chi connectivity index (χ0v) is 14.3. The Morgan fingerprint density at radius 1 is 1.07 bits per heavy atom. The Bertz CT molecular complexity index is 1100. The molecule has 1 aliphatic rings. The van der Waals surface area contributed by atoms with Crippen molar-refractivity contribution in [3.63, 3.8) is 0 Å². The molecule has 0 aliphatic carbocycles. The molecular weight excluding hydrogens is 346 g/mol. The molecule has 4 N–H and O–H groups in total. The second kappa shape index (κ2) is 6.28. The van der Waals surface area contributed by atoms with E-state index in [0.717, 1.165) is 5.56 Å². The molecule has 7 heteroatoms. The smallest absolute Gasteiger partial charge is 0.249 e. The van der Waals surface area contributed by atoms with Crippen LogP contribution in [0.5, 0.6) is 5.88 Å². The fourth-order valence-electron chi connectivity index (χ4n) is 3.59. The van der Waals surface area contributed by atoms with Crippen LogP contribution in [0.15, 0.2) is 48.7 Å². The summed E-state index contributed by atoms with van der Waals surface area (Å²) in [5.74, 6) is -1.36. The Morgan fingerprint density at radius 2 is 1.81 bits per heavy atom. The maximum atomic E-state index is 12.2. The van der Waals surface area contributed by atoms with Crippen LogP contribution in [0.25, 0.3) is 21.9 Å². The van der Waals surface area contributed by atoms with Gasteiger partial charge in [-0.3, -0.25) is 19.7 Å². The molecule has 1 fully saturated rings. The van der Waals surface area contributed by atoms with Gasteiger partial charge in [-0.05, 0) is 29.7 Å². The van der Waals surface area contributed by atoms with Crippen molar-refractivity contribution in [1.82, 2.24) is 9.88 Å². The van der Waals surface area contributed by atoms with Gasteiger partial charge in [-0.15, -0.1) is 0 Å². The average molecular weight is 363 g/mol. The van der Waals surface area contributed by atoms with E-state index in [4.69, 9.17) is 5.73 Å². The Balaban J connectivity index is 1.90. The number of aromatic hydroxyl groups is 1. The molecule has 1 saturated heterocycles. The minimum Gasteiger partial charge on any atom is -0.494 e. The molecule has 1 aromatic heterocycles. The predicted molar refractivity (Wildman–Crippen MR) is 99.0 cm³/mol. The molecule has 0 bridgehead atoms. The number of rotatable bonds is 3. The molecule has 4 rings (SSSR count). The molecule has 2 aromatic carbocycles. The van der Waals surface area contributed by atoms with Crippen molar-refractivity contribution in [2.45, 2.75) is 18.9 Å². The Hall–Kier alpha value is -3.61. The normalized spacial score (nSPS) is 17.1. The number of aromatic nitrogens is 1. The zero-order chi connectivity index (χ0) is 19.1. The maximum Gasteiger partial charge on any atom is 0.249 e. The lowest BCUT2D eigenvalue weighted by Crippen LogP contribution is -2.41. The first-order chi connectivity index (χ1) is 13.0. The second-order valence-electron chi connectivity index (χ2n) is 6.50. The number of nitrogens with two attached hydrogens (primary N) is 1. The van der Waals surface area contributed by atoms with Crippen molar-refractivity contribution < 1.29 is 19.5 Å². The summed E-state index contributed by atoms with van der Waals surface area (Å²) in [6.07, 6.45) is 2.20. The SMILES string of the molecule is NC(=O)c1ccccc1-c1cccc2c(O)n(C3CCC(=O)NC3=O)cc12. The molecule has 1 unspecified atom stereocenters. The molecule has 1 aliphatic heterocycles. The van der Waals surface area contributed by atoms with Crippen molar-refractivity contribution >= 4 is 28.5 Å². The van der Waals surface area contributed by atoms with Crippen molar-refractivity contribution in [2.24, 2.45) is 5.73 Å². The summed E-state index contributed by atoms with van der Waals surface area (Å²) in [4.78, 5) is 35.4. The number of nitrogens with one attached hydrogen (secondary N) is 1. The van der Waals surface area contributed by atoms with Gasteiger partial charge in [-0.2, -0.15) is 0 Å². The standard InChI is InChI=1S/C20H17N3O4/c21-18(25)13-5-2-1-4-11(13)12-6-3-7-14-15(12)10-23(20(14)27)16-8-9-17(24)22-19(16)26/h1-7,10,16,27H,8-9H2,(H2,21,25)(H,22,24,26). The molecule has 3 aromatic rings. The quantitative estimate of drug-likeness (QED) is 0.618. The number of piperidine rings is 1. The molecule has 2 heterocycles. The summed E-state index contributed by atoms with van der Waals surface area (Å²) in [6.45, 7) is 0. The number of carbonyl (C=O) groups excluding carboxylic acids is 3. The van der Waals surface area contributed by atoms with E-state index in [1.54, 1.807) is 42.6 Å². The number of benzene rings is 2. The maximum absolute atomic E-state index is 12.2. The summed E-state index contributed by atoms with van der Waals surface area (Å²) in [5.41, 5.74) is 7.25. The van der Waals surface area contributed by atoms with E-state index in [0.29, 0.717) is 28.3 Å². The van der Waals surface area contributed by atoms with E-state index in [1.165, 1.54) is 4.57 Å². The van der Waals surface area contributed by atoms with Crippen molar-refractivity contribution in [3.8, 4) is 17.0 Å². The van der Waals surface area contributed by atoms with Gasteiger partial charge in [0.05, 0.1) is 0 Å². The zero-order valence-electron chi connectivity index (χ0n) is 14.3. The van der Waals surface area contributed by atoms with Crippen LogP contribution < -0.4 is 11.1 Å². The molecule has 7 nitrogen and oxygen atoms in total. The van der Waals surface area contributed by atoms with E-state index < -0.39 is 17.9 Å². The van der Waals surface area contributed by atoms with E-state index >= 15 is 0 Å². The summed E-state index contributed by atoms with van der Waals surface area (Å²) in [7, 11) is 0. The minimum absolute atomic E-state index is 0.0575. The highest BCUT2D eigenvalue weighted by molar-refractivity contribution is 6.07. The highest BCUT2D eigenvalue weighted by Gasteiger charge is 2.30. The van der Waals surface area contributed by atoms with Gasteiger partial charge in [0, 0.05) is 29.0 Å². The number of nitrogens with zero attached hydrogens (tertiary/aromatic N) is 1. The number of hydrogen-bond donors (Lipinski definition) is 3. The number of carbonyl (C=O) groups is 3. The van der Waals surface area contributed by atoms with Crippen molar-refractivity contribution in [1.29, 1.82) is 0 Å². The summed E-state index contributed by atoms with van der Waals surface area (Å²) >= 11 is 0. The summed E-state index contributed by atoms with van der Waals surface area (Å²) in [5, 5.41) is 14.2. The van der Waals surface area contributed by atoms with Crippen molar-refractivity contribution in [2.75, 3.05) is 0 Å². The fraction of sp³-hybridized carbons (Fsp3) is 0.150. The molecule has 27 heavy (non-hydrogen) atoms. The van der Waals surface area contributed by atoms with Crippen LogP contribution in [-0.4, -0.2) is 27.4 Å². The number of amides is 3. The van der Waals surface area contributed by atoms with E-state index in [-0.39, 0.29) is 18.2 Å². The van der Waals surface area contributed by atoms with Gasteiger partial charge in [-0.25, -0.2) is 0 Å². The van der Waals surface area contributed by atoms with Gasteiger partial charge >= 0.3 is 0 Å². The molecule has 0 saturated carbocycles. The highest BCUT2D eigenvalue weighted by Crippen LogP contribution is 2.38. The lowest BCUT2D eigenvalue weighted by atomic mass is 9.96. The topological polar surface area (TPSA) is 114 Å². The van der Waals surface area contributed by atoms with E-state index in [1.807, 2.05) is 6.07 Å². The lowest BCUT2D eigenvalue weighted by molar-refractivity contribution is -0.135. The Kier molecular flexibility index (Phi) is 3.92. The highest BCUT2D eigenvalue weighted by atomic mass is 16.3. The number of fused-ring (bicyclic) bond motifs is 1. The third-order valence-corrected chi connectivity index (χ3v) is 4.89. The number of imide groups is 1. The van der Waals surface area contributed by atoms with Gasteiger partial charge in [0.25, 0.3) is 0 Å². The van der Waals surface area contributed by atoms with Gasteiger partial charge in [0.1, 0.15) is 6.04 Å². The van der Waals surface area contributed by atoms with Gasteiger partial charge < -0.3 is 15.4 Å². The average Bonchev–Trinajstić information content (AvgIpc) is 2.98. The monoisotopic (exact) mass is 363 g/mol.